The van der Waals surface area contributed by atoms with Crippen molar-refractivity contribution in [2.75, 3.05) is 0 Å². The van der Waals surface area contributed by atoms with E-state index in [-0.39, 0.29) is 0 Å². The van der Waals surface area contributed by atoms with E-state index in [0.29, 0.717) is 0 Å². The van der Waals surface area contributed by atoms with Crippen molar-refractivity contribution in [1.29, 1.82) is 0 Å². The summed E-state index contributed by atoms with van der Waals surface area (Å²) in [4.78, 5) is 0. The molecule has 0 spiro atoms. The lowest BCUT2D eigenvalue weighted by molar-refractivity contribution is 0.624. The van der Waals surface area contributed by atoms with Gasteiger partial charge in [0.1, 0.15) is 0 Å². The zero-order chi connectivity index (χ0) is 7.84. The Morgan fingerprint density at radius 3 is 3.18 bits per heavy atom. The zero-order valence-corrected chi connectivity index (χ0v) is 6.17. The lowest BCUT2D eigenvalue weighted by Gasteiger charge is -2.19. The first-order valence-corrected chi connectivity index (χ1v) is 3.43. The smallest absolute Gasteiger partial charge is 0.0843 e. The number of rotatable bonds is 0. The molecule has 3 nitrogen and oxygen atoms in total. The summed E-state index contributed by atoms with van der Waals surface area (Å²) >= 11 is 0. The Hall–Kier alpha value is -1.51. The van der Waals surface area contributed by atoms with Gasteiger partial charge in [-0.15, -0.1) is 0 Å². The lowest BCUT2D eigenvalue weighted by atomic mass is 10.2. The van der Waals surface area contributed by atoms with E-state index in [0.717, 1.165) is 23.6 Å². The predicted molar refractivity (Wildman–Crippen MR) is 43.5 cm³/mol. The number of allylic oxidation sites excluding steroid dienone is 1. The molecule has 0 atom stereocenters. The Balaban J connectivity index is 2.52. The summed E-state index contributed by atoms with van der Waals surface area (Å²) in [5.74, 6) is 0. The van der Waals surface area contributed by atoms with Gasteiger partial charge < -0.3 is 5.32 Å². The van der Waals surface area contributed by atoms with Crippen LogP contribution in [0.2, 0.25) is 0 Å². The van der Waals surface area contributed by atoms with Crippen molar-refractivity contribution in [1.82, 2.24) is 15.1 Å². The van der Waals surface area contributed by atoms with Crippen LogP contribution in [0.4, 0.5) is 0 Å². The average Bonchev–Trinajstić information content (AvgIpc) is 2.34. The summed E-state index contributed by atoms with van der Waals surface area (Å²) in [6, 6.07) is 1.93. The number of nitrogens with one attached hydrogen (secondary N) is 1. The van der Waals surface area contributed by atoms with Crippen LogP contribution in [-0.4, -0.2) is 9.78 Å². The molecule has 11 heavy (non-hydrogen) atoms. The van der Waals surface area contributed by atoms with E-state index < -0.39 is 0 Å². The summed E-state index contributed by atoms with van der Waals surface area (Å²) < 4.78 is 1.88. The molecule has 1 aliphatic rings. The minimum atomic E-state index is 0.737. The molecule has 0 radical (unpaired) electrons. The van der Waals surface area contributed by atoms with Crippen molar-refractivity contribution in [3.8, 4) is 0 Å². The monoisotopic (exact) mass is 147 g/mol. The van der Waals surface area contributed by atoms with Crippen LogP contribution < -0.4 is 5.32 Å². The minimum absolute atomic E-state index is 0.737. The fourth-order valence-electron chi connectivity index (χ4n) is 1.21. The Kier molecular flexibility index (Phi) is 1.12. The Morgan fingerprint density at radius 1 is 1.55 bits per heavy atom. The minimum Gasteiger partial charge on any atom is -0.357 e. The van der Waals surface area contributed by atoms with E-state index >= 15 is 0 Å². The van der Waals surface area contributed by atoms with Gasteiger partial charge in [0.05, 0.1) is 17.9 Å². The van der Waals surface area contributed by atoms with E-state index in [1.165, 1.54) is 0 Å². The fraction of sp³-hybridized carbons (Fsp3) is 0.125. The van der Waals surface area contributed by atoms with Gasteiger partial charge in [0, 0.05) is 11.9 Å². The maximum atomic E-state index is 4.11. The Morgan fingerprint density at radius 2 is 2.36 bits per heavy atom. The standard InChI is InChI=1S/C8H9N3/c1-6-5-11-8(3-4-9-11)7(2)10-6/h3-4,10H,1-2,5H2. The SMILES string of the molecule is C=C1Cn2nccc2C(=C)N1. The third-order valence-corrected chi connectivity index (χ3v) is 1.69. The van der Waals surface area contributed by atoms with Crippen molar-refractivity contribution >= 4 is 5.70 Å². The molecule has 1 N–H and O–H groups in total. The van der Waals surface area contributed by atoms with Crippen molar-refractivity contribution in [3.63, 3.8) is 0 Å². The average molecular weight is 147 g/mol. The van der Waals surface area contributed by atoms with Crippen molar-refractivity contribution in [3.05, 3.63) is 36.8 Å². The van der Waals surface area contributed by atoms with Crippen LogP contribution in [0.25, 0.3) is 5.70 Å². The van der Waals surface area contributed by atoms with Crippen LogP contribution in [0, 0.1) is 0 Å². The molecular formula is C8H9N3. The number of aromatic nitrogens is 2. The molecule has 2 heterocycles. The lowest BCUT2D eigenvalue weighted by Crippen LogP contribution is -2.24. The highest BCUT2D eigenvalue weighted by molar-refractivity contribution is 5.61. The van der Waals surface area contributed by atoms with Gasteiger partial charge in [0.15, 0.2) is 0 Å². The molecule has 0 aliphatic carbocycles. The van der Waals surface area contributed by atoms with Crippen LogP contribution in [0.1, 0.15) is 5.69 Å². The molecule has 0 saturated carbocycles. The molecular weight excluding hydrogens is 138 g/mol. The zero-order valence-electron chi connectivity index (χ0n) is 6.17. The summed E-state index contributed by atoms with van der Waals surface area (Å²) in [6.07, 6.45) is 1.76. The maximum absolute atomic E-state index is 4.11. The van der Waals surface area contributed by atoms with Crippen LogP contribution in [-0.2, 0) is 6.54 Å². The van der Waals surface area contributed by atoms with Gasteiger partial charge in [0.2, 0.25) is 0 Å². The molecule has 0 unspecified atom stereocenters. The molecule has 1 aromatic heterocycles. The van der Waals surface area contributed by atoms with Crippen molar-refractivity contribution in [2.24, 2.45) is 0 Å². The molecule has 3 heteroatoms. The van der Waals surface area contributed by atoms with Gasteiger partial charge in [0.25, 0.3) is 0 Å². The molecule has 0 saturated heterocycles. The Labute approximate surface area is 65.0 Å². The van der Waals surface area contributed by atoms with Crippen LogP contribution >= 0.6 is 0 Å². The van der Waals surface area contributed by atoms with Gasteiger partial charge in [-0.3, -0.25) is 4.68 Å². The van der Waals surface area contributed by atoms with E-state index in [1.807, 2.05) is 10.7 Å². The van der Waals surface area contributed by atoms with E-state index in [9.17, 15) is 0 Å². The largest absolute Gasteiger partial charge is 0.357 e. The summed E-state index contributed by atoms with van der Waals surface area (Å²) in [7, 11) is 0. The molecule has 56 valence electrons. The second-order valence-corrected chi connectivity index (χ2v) is 2.58. The number of hydrogen-bond donors (Lipinski definition) is 1. The number of hydrogen-bond acceptors (Lipinski definition) is 2. The first kappa shape index (κ1) is 6.22. The van der Waals surface area contributed by atoms with Gasteiger partial charge in [-0.2, -0.15) is 5.10 Å². The van der Waals surface area contributed by atoms with Gasteiger partial charge in [-0.1, -0.05) is 13.2 Å². The highest BCUT2D eigenvalue weighted by Gasteiger charge is 2.12. The summed E-state index contributed by atoms with van der Waals surface area (Å²) in [6.45, 7) is 8.39. The summed E-state index contributed by atoms with van der Waals surface area (Å²) in [5, 5.41) is 7.18. The Bertz CT molecular complexity index is 322. The van der Waals surface area contributed by atoms with Crippen LogP contribution in [0.5, 0.6) is 0 Å². The third kappa shape index (κ3) is 0.852. The second kappa shape index (κ2) is 1.99. The quantitative estimate of drug-likeness (QED) is 0.592. The van der Waals surface area contributed by atoms with Crippen molar-refractivity contribution in [2.45, 2.75) is 6.54 Å². The van der Waals surface area contributed by atoms with E-state index in [4.69, 9.17) is 0 Å². The molecule has 1 aromatic rings. The molecule has 0 fully saturated rings. The molecule has 2 rings (SSSR count). The first-order valence-electron chi connectivity index (χ1n) is 3.43. The fourth-order valence-corrected chi connectivity index (χ4v) is 1.21. The van der Waals surface area contributed by atoms with Gasteiger partial charge >= 0.3 is 0 Å². The predicted octanol–water partition coefficient (Wildman–Crippen LogP) is 0.971. The second-order valence-electron chi connectivity index (χ2n) is 2.58. The van der Waals surface area contributed by atoms with E-state index in [1.54, 1.807) is 6.20 Å². The molecule has 0 aromatic carbocycles. The first-order chi connectivity index (χ1) is 5.27. The van der Waals surface area contributed by atoms with Crippen LogP contribution in [0.15, 0.2) is 31.1 Å². The third-order valence-electron chi connectivity index (χ3n) is 1.69. The van der Waals surface area contributed by atoms with Gasteiger partial charge in [-0.25, -0.2) is 0 Å². The molecule has 1 aliphatic heterocycles. The highest BCUT2D eigenvalue weighted by Crippen LogP contribution is 2.15. The normalized spacial score (nSPS) is 16.0. The highest BCUT2D eigenvalue weighted by atomic mass is 15.3. The topological polar surface area (TPSA) is 29.9 Å². The molecule has 0 amide bonds. The number of fused-ring (bicyclic) bond motifs is 1. The van der Waals surface area contributed by atoms with E-state index in [2.05, 4.69) is 23.6 Å². The maximum Gasteiger partial charge on any atom is 0.0843 e. The van der Waals surface area contributed by atoms with Crippen LogP contribution in [0.3, 0.4) is 0 Å². The van der Waals surface area contributed by atoms with Crippen molar-refractivity contribution < 1.29 is 0 Å². The summed E-state index contributed by atoms with van der Waals surface area (Å²) in [5.41, 5.74) is 2.85. The van der Waals surface area contributed by atoms with Gasteiger partial charge in [-0.05, 0) is 6.07 Å². The molecule has 0 bridgehead atoms. The number of nitrogens with zero attached hydrogens (tertiary/aromatic N) is 2.